The first-order chi connectivity index (χ1) is 8.77. The average Bonchev–Trinajstić information content (AvgIpc) is 2.40. The zero-order valence-corrected chi connectivity index (χ0v) is 10.5. The fraction of sp³-hybridized carbons (Fsp3) is 0.571. The molecular weight excluding hydrogens is 231 g/mol. The van der Waals surface area contributed by atoms with Crippen LogP contribution in [-0.2, 0) is 0 Å². The van der Waals surface area contributed by atoms with Crippen molar-refractivity contribution in [2.45, 2.75) is 38.5 Å². The van der Waals surface area contributed by atoms with Crippen LogP contribution in [0, 0.1) is 11.7 Å². The summed E-state index contributed by atoms with van der Waals surface area (Å²) in [7, 11) is 0. The van der Waals surface area contributed by atoms with Crippen LogP contribution in [0.3, 0.4) is 0 Å². The Morgan fingerprint density at radius 3 is 2.89 bits per heavy atom. The average molecular weight is 250 g/mol. The van der Waals surface area contributed by atoms with Crippen LogP contribution in [0.4, 0.5) is 4.39 Å². The van der Waals surface area contributed by atoms with Crippen LogP contribution < -0.4 is 5.32 Å². The molecule has 0 aromatic carbocycles. The first-order valence-electron chi connectivity index (χ1n) is 6.65. The van der Waals surface area contributed by atoms with Gasteiger partial charge in [0.1, 0.15) is 0 Å². The lowest BCUT2D eigenvalue weighted by Crippen LogP contribution is -2.27. The van der Waals surface area contributed by atoms with Crippen molar-refractivity contribution in [2.24, 2.45) is 5.92 Å². The summed E-state index contributed by atoms with van der Waals surface area (Å²) in [5, 5.41) is 2.78. The quantitative estimate of drug-likeness (QED) is 0.892. The highest BCUT2D eigenvalue weighted by atomic mass is 19.1. The Morgan fingerprint density at radius 2 is 2.17 bits per heavy atom. The van der Waals surface area contributed by atoms with Crippen LogP contribution in [0.1, 0.15) is 48.9 Å². The Kier molecular flexibility index (Phi) is 4.67. The maximum absolute atomic E-state index is 13.3. The van der Waals surface area contributed by atoms with Crippen molar-refractivity contribution < 1.29 is 9.18 Å². The van der Waals surface area contributed by atoms with Crippen molar-refractivity contribution in [1.82, 2.24) is 10.3 Å². The Bertz CT molecular complexity index is 403. The Labute approximate surface area is 107 Å². The molecule has 2 rings (SSSR count). The molecule has 1 saturated carbocycles. The first kappa shape index (κ1) is 13.0. The monoisotopic (exact) mass is 250 g/mol. The molecule has 1 N–H and O–H groups in total. The highest BCUT2D eigenvalue weighted by Gasteiger charge is 2.14. The van der Waals surface area contributed by atoms with Gasteiger partial charge >= 0.3 is 0 Å². The minimum Gasteiger partial charge on any atom is -0.352 e. The maximum Gasteiger partial charge on any atom is 0.254 e. The molecule has 1 fully saturated rings. The van der Waals surface area contributed by atoms with Gasteiger partial charge in [0.25, 0.3) is 5.91 Å². The van der Waals surface area contributed by atoms with Gasteiger partial charge in [-0.05, 0) is 18.4 Å². The van der Waals surface area contributed by atoms with E-state index in [-0.39, 0.29) is 11.5 Å². The Balaban J connectivity index is 1.76. The van der Waals surface area contributed by atoms with Gasteiger partial charge in [-0.3, -0.25) is 9.78 Å². The van der Waals surface area contributed by atoms with E-state index in [0.29, 0.717) is 6.54 Å². The maximum atomic E-state index is 13.3. The van der Waals surface area contributed by atoms with Crippen molar-refractivity contribution in [3.63, 3.8) is 0 Å². The minimum atomic E-state index is -0.562. The van der Waals surface area contributed by atoms with E-state index in [1.54, 1.807) is 0 Å². The van der Waals surface area contributed by atoms with Crippen LogP contribution in [0.5, 0.6) is 0 Å². The van der Waals surface area contributed by atoms with Crippen LogP contribution in [0.25, 0.3) is 0 Å². The number of amides is 1. The number of aromatic nitrogens is 1. The summed E-state index contributed by atoms with van der Waals surface area (Å²) in [6.45, 7) is 0.630. The van der Waals surface area contributed by atoms with Gasteiger partial charge in [0.05, 0.1) is 11.8 Å². The second-order valence-electron chi connectivity index (χ2n) is 4.90. The van der Waals surface area contributed by atoms with Gasteiger partial charge in [0.2, 0.25) is 0 Å². The minimum absolute atomic E-state index is 0.0774. The topological polar surface area (TPSA) is 42.0 Å². The molecule has 0 bridgehead atoms. The van der Waals surface area contributed by atoms with Gasteiger partial charge in [-0.1, -0.05) is 32.1 Å². The summed E-state index contributed by atoms with van der Waals surface area (Å²) in [5.74, 6) is -0.181. The van der Waals surface area contributed by atoms with Crippen LogP contribution in [0.2, 0.25) is 0 Å². The molecule has 18 heavy (non-hydrogen) atoms. The third-order valence-corrected chi connectivity index (χ3v) is 3.58. The number of hydrogen-bond acceptors (Lipinski definition) is 2. The van der Waals surface area contributed by atoms with Gasteiger partial charge < -0.3 is 5.32 Å². The van der Waals surface area contributed by atoms with E-state index < -0.39 is 5.82 Å². The number of halogens is 1. The number of carbonyl (C=O) groups is 1. The van der Waals surface area contributed by atoms with Gasteiger partial charge in [-0.15, -0.1) is 0 Å². The third-order valence-electron chi connectivity index (χ3n) is 3.58. The molecular formula is C14H19FN2O. The predicted molar refractivity (Wildman–Crippen MR) is 67.7 cm³/mol. The fourth-order valence-electron chi connectivity index (χ4n) is 2.52. The van der Waals surface area contributed by atoms with Gasteiger partial charge in [-0.2, -0.15) is 0 Å². The number of rotatable bonds is 4. The lowest BCUT2D eigenvalue weighted by Gasteiger charge is -2.21. The van der Waals surface area contributed by atoms with Gasteiger partial charge in [-0.25, -0.2) is 4.39 Å². The summed E-state index contributed by atoms with van der Waals surface area (Å²) in [5.41, 5.74) is 0.0774. The van der Waals surface area contributed by atoms with Crippen molar-refractivity contribution in [3.05, 3.63) is 29.8 Å². The number of nitrogens with one attached hydrogen (secondary N) is 1. The summed E-state index contributed by atoms with van der Waals surface area (Å²) < 4.78 is 13.3. The van der Waals surface area contributed by atoms with Crippen molar-refractivity contribution in [1.29, 1.82) is 0 Å². The molecule has 0 atom stereocenters. The second kappa shape index (κ2) is 6.47. The largest absolute Gasteiger partial charge is 0.352 e. The predicted octanol–water partition coefficient (Wildman–Crippen LogP) is 2.92. The molecule has 0 radical (unpaired) electrons. The van der Waals surface area contributed by atoms with Crippen LogP contribution in [-0.4, -0.2) is 17.4 Å². The zero-order chi connectivity index (χ0) is 12.8. The summed E-state index contributed by atoms with van der Waals surface area (Å²) >= 11 is 0. The van der Waals surface area contributed by atoms with E-state index >= 15 is 0 Å². The molecule has 4 heteroatoms. The SMILES string of the molecule is O=C(NCCC1CCCCC1)c1ccncc1F. The normalized spacial score (nSPS) is 16.5. The van der Waals surface area contributed by atoms with Crippen LogP contribution >= 0.6 is 0 Å². The molecule has 0 spiro atoms. The number of hydrogen-bond donors (Lipinski definition) is 1. The smallest absolute Gasteiger partial charge is 0.254 e. The highest BCUT2D eigenvalue weighted by Crippen LogP contribution is 2.25. The van der Waals surface area contributed by atoms with Gasteiger partial charge in [0.15, 0.2) is 5.82 Å². The standard InChI is InChI=1S/C14H19FN2O/c15-13-10-16-8-7-12(13)14(18)17-9-6-11-4-2-1-3-5-11/h7-8,10-11H,1-6,9H2,(H,17,18). The highest BCUT2D eigenvalue weighted by molar-refractivity contribution is 5.94. The van der Waals surface area contributed by atoms with E-state index in [4.69, 9.17) is 0 Å². The lowest BCUT2D eigenvalue weighted by molar-refractivity contribution is 0.0946. The van der Waals surface area contributed by atoms with Crippen LogP contribution in [0.15, 0.2) is 18.5 Å². The molecule has 0 saturated heterocycles. The molecule has 0 unspecified atom stereocenters. The van der Waals surface area contributed by atoms with Crippen molar-refractivity contribution >= 4 is 5.91 Å². The molecule has 1 aliphatic carbocycles. The second-order valence-corrected chi connectivity index (χ2v) is 4.90. The number of carbonyl (C=O) groups excluding carboxylic acids is 1. The molecule has 98 valence electrons. The van der Waals surface area contributed by atoms with E-state index in [2.05, 4.69) is 10.3 Å². The van der Waals surface area contributed by atoms with E-state index in [1.807, 2.05) is 0 Å². The fourth-order valence-corrected chi connectivity index (χ4v) is 2.52. The summed E-state index contributed by atoms with van der Waals surface area (Å²) in [6, 6.07) is 1.41. The molecule has 1 aliphatic rings. The zero-order valence-electron chi connectivity index (χ0n) is 10.5. The number of pyridine rings is 1. The molecule has 0 aliphatic heterocycles. The summed E-state index contributed by atoms with van der Waals surface area (Å²) in [6.07, 6.45) is 9.97. The third kappa shape index (κ3) is 3.52. The molecule has 1 aromatic rings. The molecule has 3 nitrogen and oxygen atoms in total. The Morgan fingerprint density at radius 1 is 1.39 bits per heavy atom. The lowest BCUT2D eigenvalue weighted by atomic mass is 9.87. The van der Waals surface area contributed by atoms with Crippen molar-refractivity contribution in [3.8, 4) is 0 Å². The summed E-state index contributed by atoms with van der Waals surface area (Å²) in [4.78, 5) is 15.4. The van der Waals surface area contributed by atoms with E-state index in [0.717, 1.165) is 18.5 Å². The molecule has 1 amide bonds. The number of nitrogens with zero attached hydrogens (tertiary/aromatic N) is 1. The molecule has 1 aromatic heterocycles. The first-order valence-corrected chi connectivity index (χ1v) is 6.65. The van der Waals surface area contributed by atoms with E-state index in [1.165, 1.54) is 44.4 Å². The van der Waals surface area contributed by atoms with Crippen molar-refractivity contribution in [2.75, 3.05) is 6.54 Å². The molecule has 1 heterocycles. The Hall–Kier alpha value is -1.45. The van der Waals surface area contributed by atoms with Gasteiger partial charge in [0, 0.05) is 12.7 Å². The van der Waals surface area contributed by atoms with E-state index in [9.17, 15) is 9.18 Å².